The normalized spacial score (nSPS) is 17.1. The molecule has 0 radical (unpaired) electrons. The van der Waals surface area contributed by atoms with E-state index in [1.54, 1.807) is 4.90 Å². The number of amides is 1. The number of nitrogens with zero attached hydrogens (tertiary/aromatic N) is 3. The van der Waals surface area contributed by atoms with Crippen molar-refractivity contribution in [3.63, 3.8) is 0 Å². The van der Waals surface area contributed by atoms with E-state index in [1.807, 2.05) is 7.05 Å². The Labute approximate surface area is 118 Å². The Morgan fingerprint density at radius 3 is 2.80 bits per heavy atom. The number of rotatable bonds is 4. The van der Waals surface area contributed by atoms with Crippen LogP contribution in [-0.2, 0) is 0 Å². The lowest BCUT2D eigenvalue weighted by atomic mass is 10.0. The van der Waals surface area contributed by atoms with Gasteiger partial charge in [0, 0.05) is 12.6 Å². The van der Waals surface area contributed by atoms with Gasteiger partial charge in [-0.25, -0.2) is 4.98 Å². The number of pyridine rings is 1. The first kappa shape index (κ1) is 14.9. The minimum Gasteiger partial charge on any atom is -0.395 e. The molecule has 1 amide bonds. The van der Waals surface area contributed by atoms with Gasteiger partial charge in [0.05, 0.1) is 6.61 Å². The maximum absolute atomic E-state index is 13.1. The Bertz CT molecular complexity index is 461. The number of hydrogen-bond acceptors (Lipinski definition) is 4. The second-order valence-electron chi connectivity index (χ2n) is 5.10. The highest BCUT2D eigenvalue weighted by Crippen LogP contribution is 2.17. The lowest BCUT2D eigenvalue weighted by molar-refractivity contribution is 0.0533. The number of aliphatic hydroxyl groups is 1. The first-order chi connectivity index (χ1) is 9.61. The average molecular weight is 281 g/mol. The van der Waals surface area contributed by atoms with E-state index < -0.39 is 5.95 Å². The molecule has 1 saturated heterocycles. The van der Waals surface area contributed by atoms with E-state index in [4.69, 9.17) is 0 Å². The van der Waals surface area contributed by atoms with E-state index in [-0.39, 0.29) is 30.8 Å². The molecule has 1 aromatic rings. The zero-order valence-corrected chi connectivity index (χ0v) is 11.6. The minimum absolute atomic E-state index is 0.0796. The first-order valence-electron chi connectivity index (χ1n) is 6.84. The van der Waals surface area contributed by atoms with Gasteiger partial charge in [0.25, 0.3) is 5.91 Å². The minimum atomic E-state index is -0.664. The van der Waals surface area contributed by atoms with Crippen LogP contribution in [0.4, 0.5) is 4.39 Å². The Morgan fingerprint density at radius 1 is 1.50 bits per heavy atom. The van der Waals surface area contributed by atoms with Crippen molar-refractivity contribution in [2.75, 3.05) is 33.3 Å². The van der Waals surface area contributed by atoms with Gasteiger partial charge in [0.1, 0.15) is 5.69 Å². The molecule has 1 aliphatic heterocycles. The molecule has 0 atom stereocenters. The summed E-state index contributed by atoms with van der Waals surface area (Å²) in [6.07, 6.45) is 1.72. The van der Waals surface area contributed by atoms with E-state index in [1.165, 1.54) is 18.2 Å². The van der Waals surface area contributed by atoms with Crippen molar-refractivity contribution in [3.8, 4) is 0 Å². The third kappa shape index (κ3) is 3.52. The molecule has 5 nitrogen and oxygen atoms in total. The number of carbonyl (C=O) groups is 1. The van der Waals surface area contributed by atoms with Crippen molar-refractivity contribution in [2.24, 2.45) is 0 Å². The summed E-state index contributed by atoms with van der Waals surface area (Å²) < 4.78 is 13.1. The summed E-state index contributed by atoms with van der Waals surface area (Å²) in [7, 11) is 2.04. The van der Waals surface area contributed by atoms with Gasteiger partial charge in [-0.2, -0.15) is 4.39 Å². The molecule has 110 valence electrons. The van der Waals surface area contributed by atoms with Crippen molar-refractivity contribution in [1.82, 2.24) is 14.8 Å². The zero-order chi connectivity index (χ0) is 14.5. The van der Waals surface area contributed by atoms with Crippen LogP contribution >= 0.6 is 0 Å². The molecule has 0 saturated carbocycles. The van der Waals surface area contributed by atoms with Crippen LogP contribution in [0.2, 0.25) is 0 Å². The molecule has 1 aliphatic rings. The van der Waals surface area contributed by atoms with Crippen molar-refractivity contribution in [2.45, 2.75) is 18.9 Å². The van der Waals surface area contributed by atoms with E-state index in [2.05, 4.69) is 9.88 Å². The highest BCUT2D eigenvalue weighted by Gasteiger charge is 2.28. The molecule has 2 rings (SSSR count). The third-order valence-corrected chi connectivity index (χ3v) is 3.66. The molecule has 0 bridgehead atoms. The van der Waals surface area contributed by atoms with E-state index >= 15 is 0 Å². The largest absolute Gasteiger partial charge is 0.395 e. The van der Waals surface area contributed by atoms with Crippen molar-refractivity contribution < 1.29 is 14.3 Å². The molecule has 1 aromatic heterocycles. The lowest BCUT2D eigenvalue weighted by Crippen LogP contribution is -2.47. The molecule has 6 heteroatoms. The van der Waals surface area contributed by atoms with Crippen LogP contribution in [0.3, 0.4) is 0 Å². The quantitative estimate of drug-likeness (QED) is 0.828. The summed E-state index contributed by atoms with van der Waals surface area (Å²) in [5, 5.41) is 9.17. The topological polar surface area (TPSA) is 56.7 Å². The second kappa shape index (κ2) is 6.76. The summed E-state index contributed by atoms with van der Waals surface area (Å²) in [5.41, 5.74) is 0.0948. The van der Waals surface area contributed by atoms with Crippen LogP contribution in [0.1, 0.15) is 23.3 Å². The fourth-order valence-electron chi connectivity index (χ4n) is 2.54. The highest BCUT2D eigenvalue weighted by atomic mass is 19.1. The summed E-state index contributed by atoms with van der Waals surface area (Å²) in [5.74, 6) is -0.976. The highest BCUT2D eigenvalue weighted by molar-refractivity contribution is 5.92. The van der Waals surface area contributed by atoms with E-state index in [0.29, 0.717) is 0 Å². The molecule has 1 fully saturated rings. The molecule has 0 aromatic carbocycles. The first-order valence-corrected chi connectivity index (χ1v) is 6.84. The van der Waals surface area contributed by atoms with Crippen molar-refractivity contribution >= 4 is 5.91 Å². The molecule has 2 heterocycles. The van der Waals surface area contributed by atoms with Crippen molar-refractivity contribution in [1.29, 1.82) is 0 Å². The van der Waals surface area contributed by atoms with Gasteiger partial charge in [-0.1, -0.05) is 6.07 Å². The van der Waals surface area contributed by atoms with Crippen LogP contribution in [-0.4, -0.2) is 65.1 Å². The van der Waals surface area contributed by atoms with Crippen LogP contribution in [0.15, 0.2) is 18.2 Å². The number of likely N-dealkylation sites (tertiary alicyclic amines) is 1. The smallest absolute Gasteiger partial charge is 0.272 e. The Morgan fingerprint density at radius 2 is 2.20 bits per heavy atom. The standard InChI is InChI=1S/C14H20FN3O2/c1-17-7-5-11(6-8-17)18(9-10-19)14(20)12-3-2-4-13(15)16-12/h2-4,11,19H,5-10H2,1H3. The molecule has 0 spiro atoms. The average Bonchev–Trinajstić information content (AvgIpc) is 2.45. The number of piperidine rings is 1. The SMILES string of the molecule is CN1CCC(N(CCO)C(=O)c2cccc(F)n2)CC1. The predicted octanol–water partition coefficient (Wildman–Crippen LogP) is 0.749. The van der Waals surface area contributed by atoms with Crippen LogP contribution in [0.25, 0.3) is 0 Å². The molecular formula is C14H20FN3O2. The summed E-state index contributed by atoms with van der Waals surface area (Å²) in [6, 6.07) is 4.27. The molecule has 0 aliphatic carbocycles. The van der Waals surface area contributed by atoms with Gasteiger partial charge in [-0.3, -0.25) is 4.79 Å². The van der Waals surface area contributed by atoms with Crippen LogP contribution in [0.5, 0.6) is 0 Å². The fourth-order valence-corrected chi connectivity index (χ4v) is 2.54. The monoisotopic (exact) mass is 281 g/mol. The van der Waals surface area contributed by atoms with Gasteiger partial charge >= 0.3 is 0 Å². The Balaban J connectivity index is 2.13. The number of aliphatic hydroxyl groups excluding tert-OH is 1. The predicted molar refractivity (Wildman–Crippen MR) is 72.8 cm³/mol. The van der Waals surface area contributed by atoms with Gasteiger partial charge in [-0.05, 0) is 45.1 Å². The van der Waals surface area contributed by atoms with E-state index in [9.17, 15) is 14.3 Å². The second-order valence-corrected chi connectivity index (χ2v) is 5.10. The van der Waals surface area contributed by atoms with Gasteiger partial charge in [-0.15, -0.1) is 0 Å². The van der Waals surface area contributed by atoms with Crippen LogP contribution < -0.4 is 0 Å². The third-order valence-electron chi connectivity index (χ3n) is 3.66. The van der Waals surface area contributed by atoms with Crippen LogP contribution in [0, 0.1) is 5.95 Å². The number of halogens is 1. The lowest BCUT2D eigenvalue weighted by Gasteiger charge is -2.36. The maximum atomic E-state index is 13.1. The molecule has 0 unspecified atom stereocenters. The number of aromatic nitrogens is 1. The van der Waals surface area contributed by atoms with Gasteiger partial charge in [0.2, 0.25) is 5.95 Å². The Kier molecular flexibility index (Phi) is 5.03. The Hall–Kier alpha value is -1.53. The molecular weight excluding hydrogens is 261 g/mol. The van der Waals surface area contributed by atoms with Crippen molar-refractivity contribution in [3.05, 3.63) is 29.8 Å². The molecule has 20 heavy (non-hydrogen) atoms. The summed E-state index contributed by atoms with van der Waals surface area (Å²) >= 11 is 0. The number of carbonyl (C=O) groups excluding carboxylic acids is 1. The fraction of sp³-hybridized carbons (Fsp3) is 0.571. The number of hydrogen-bond donors (Lipinski definition) is 1. The van der Waals surface area contributed by atoms with Gasteiger partial charge in [0.15, 0.2) is 0 Å². The maximum Gasteiger partial charge on any atom is 0.272 e. The summed E-state index contributed by atoms with van der Waals surface area (Å²) in [6.45, 7) is 1.98. The van der Waals surface area contributed by atoms with Gasteiger partial charge < -0.3 is 14.9 Å². The zero-order valence-electron chi connectivity index (χ0n) is 11.6. The summed E-state index contributed by atoms with van der Waals surface area (Å²) in [4.78, 5) is 19.9. The van der Waals surface area contributed by atoms with E-state index in [0.717, 1.165) is 25.9 Å². The molecule has 1 N–H and O–H groups in total.